The molecule has 5 nitrogen and oxygen atoms in total. The Morgan fingerprint density at radius 3 is 2.59 bits per heavy atom. The van der Waals surface area contributed by atoms with Crippen LogP contribution < -0.4 is 0 Å². The summed E-state index contributed by atoms with van der Waals surface area (Å²) in [7, 11) is 2.03. The van der Waals surface area contributed by atoms with Gasteiger partial charge in [0.25, 0.3) is 5.91 Å². The first-order chi connectivity index (χ1) is 13.8. The van der Waals surface area contributed by atoms with Crippen LogP contribution in [-0.2, 0) is 11.8 Å². The summed E-state index contributed by atoms with van der Waals surface area (Å²) in [5.74, 6) is 2.03. The Labute approximate surface area is 175 Å². The molecular formula is C24H37N3O2. The first-order valence-electron chi connectivity index (χ1n) is 11.5. The molecule has 2 amide bonds. The van der Waals surface area contributed by atoms with E-state index in [0.29, 0.717) is 42.2 Å². The van der Waals surface area contributed by atoms with Crippen LogP contribution in [0, 0.1) is 31.6 Å². The highest BCUT2D eigenvalue weighted by molar-refractivity contribution is 5.96. The summed E-state index contributed by atoms with van der Waals surface area (Å²) in [6, 6.07) is 2.67. The van der Waals surface area contributed by atoms with Crippen LogP contribution >= 0.6 is 0 Å². The summed E-state index contributed by atoms with van der Waals surface area (Å²) in [6.07, 6.45) is 6.21. The third-order valence-electron chi connectivity index (χ3n) is 7.83. The number of aryl methyl sites for hydroxylation is 1. The Kier molecular flexibility index (Phi) is 5.52. The zero-order chi connectivity index (χ0) is 20.9. The highest BCUT2D eigenvalue weighted by Gasteiger charge is 2.49. The summed E-state index contributed by atoms with van der Waals surface area (Å²) in [4.78, 5) is 30.7. The van der Waals surface area contributed by atoms with Gasteiger partial charge in [-0.1, -0.05) is 13.8 Å². The van der Waals surface area contributed by atoms with E-state index in [1.54, 1.807) is 0 Å². The topological polar surface area (TPSA) is 45.6 Å². The van der Waals surface area contributed by atoms with Crippen molar-refractivity contribution in [2.24, 2.45) is 24.8 Å². The number of carbonyl (C=O) groups is 2. The minimum atomic E-state index is 0.180. The third-order valence-corrected chi connectivity index (χ3v) is 7.83. The molecule has 0 aliphatic carbocycles. The fourth-order valence-electron chi connectivity index (χ4n) is 6.06. The van der Waals surface area contributed by atoms with Gasteiger partial charge < -0.3 is 14.4 Å². The molecule has 0 radical (unpaired) electrons. The van der Waals surface area contributed by atoms with Crippen LogP contribution in [0.15, 0.2) is 6.07 Å². The van der Waals surface area contributed by atoms with E-state index in [9.17, 15) is 9.59 Å². The molecule has 4 heterocycles. The highest BCUT2D eigenvalue weighted by Crippen LogP contribution is 2.43. The molecule has 0 unspecified atom stereocenters. The van der Waals surface area contributed by atoms with E-state index in [4.69, 9.17) is 0 Å². The molecule has 4 atom stereocenters. The molecule has 1 aromatic rings. The SMILES string of the molecule is Cc1cc(C(=O)N2C[C@H]3C[C@@H](C2)[C@H](CCC(C)C)N2C(=O)CCC[C@@H]32)c(C)n1C. The second-order valence-electron chi connectivity index (χ2n) is 10.1. The number of amides is 2. The Balaban J connectivity index is 1.60. The molecule has 5 heteroatoms. The van der Waals surface area contributed by atoms with Gasteiger partial charge in [0.15, 0.2) is 0 Å². The summed E-state index contributed by atoms with van der Waals surface area (Å²) in [6.45, 7) is 10.2. The van der Waals surface area contributed by atoms with E-state index >= 15 is 0 Å². The van der Waals surface area contributed by atoms with Gasteiger partial charge in [-0.25, -0.2) is 0 Å². The number of hydrogen-bond donors (Lipinski definition) is 0. The standard InChI is InChI=1S/C24H37N3O2/c1-15(2)9-10-22-19-12-18(21-7-6-8-23(28)27(21)22)13-26(14-19)24(29)20-11-16(3)25(5)17(20)4/h11,15,18-19,21-22H,6-10,12-14H2,1-5H3/t18-,19+,21+,22+/m1/s1. The maximum Gasteiger partial charge on any atom is 0.255 e. The molecule has 3 saturated heterocycles. The molecule has 0 spiro atoms. The van der Waals surface area contributed by atoms with Crippen LogP contribution in [0.1, 0.15) is 74.1 Å². The molecule has 3 aliphatic heterocycles. The molecule has 160 valence electrons. The summed E-state index contributed by atoms with van der Waals surface area (Å²) < 4.78 is 2.10. The van der Waals surface area contributed by atoms with Crippen molar-refractivity contribution in [2.45, 2.75) is 78.3 Å². The molecule has 0 saturated carbocycles. The summed E-state index contributed by atoms with van der Waals surface area (Å²) in [5.41, 5.74) is 3.02. The van der Waals surface area contributed by atoms with Gasteiger partial charge in [0.2, 0.25) is 5.91 Å². The second-order valence-corrected chi connectivity index (χ2v) is 10.1. The lowest BCUT2D eigenvalue weighted by molar-refractivity contribution is -0.152. The van der Waals surface area contributed by atoms with Crippen LogP contribution in [0.5, 0.6) is 0 Å². The molecule has 2 bridgehead atoms. The zero-order valence-electron chi connectivity index (χ0n) is 18.8. The fraction of sp³-hybridized carbons (Fsp3) is 0.750. The summed E-state index contributed by atoms with van der Waals surface area (Å²) >= 11 is 0. The van der Waals surface area contributed by atoms with Crippen molar-refractivity contribution in [3.63, 3.8) is 0 Å². The van der Waals surface area contributed by atoms with Crippen molar-refractivity contribution < 1.29 is 9.59 Å². The number of nitrogens with zero attached hydrogens (tertiary/aromatic N) is 3. The van der Waals surface area contributed by atoms with Crippen LogP contribution in [-0.4, -0.2) is 51.4 Å². The van der Waals surface area contributed by atoms with Crippen molar-refractivity contribution in [1.82, 2.24) is 14.4 Å². The van der Waals surface area contributed by atoms with E-state index < -0.39 is 0 Å². The lowest BCUT2D eigenvalue weighted by Crippen LogP contribution is -2.65. The second kappa shape index (κ2) is 7.81. The number of aromatic nitrogens is 1. The van der Waals surface area contributed by atoms with Gasteiger partial charge in [-0.15, -0.1) is 0 Å². The number of piperidine rings is 3. The normalized spacial score (nSPS) is 29.4. The molecule has 29 heavy (non-hydrogen) atoms. The van der Waals surface area contributed by atoms with E-state index in [0.717, 1.165) is 55.7 Å². The number of fused-ring (bicyclic) bond motifs is 4. The highest BCUT2D eigenvalue weighted by atomic mass is 16.2. The zero-order valence-corrected chi connectivity index (χ0v) is 18.8. The lowest BCUT2D eigenvalue weighted by atomic mass is 9.70. The van der Waals surface area contributed by atoms with Gasteiger partial charge in [-0.2, -0.15) is 0 Å². The number of carbonyl (C=O) groups excluding carboxylic acids is 2. The monoisotopic (exact) mass is 399 g/mol. The molecule has 0 N–H and O–H groups in total. The quantitative estimate of drug-likeness (QED) is 0.770. The van der Waals surface area contributed by atoms with Crippen molar-refractivity contribution in [1.29, 1.82) is 0 Å². The molecule has 3 fully saturated rings. The molecule has 3 aliphatic rings. The van der Waals surface area contributed by atoms with Crippen LogP contribution in [0.2, 0.25) is 0 Å². The predicted molar refractivity (Wildman–Crippen MR) is 115 cm³/mol. The van der Waals surface area contributed by atoms with Gasteiger partial charge in [0.1, 0.15) is 0 Å². The Morgan fingerprint density at radius 2 is 1.93 bits per heavy atom. The van der Waals surface area contributed by atoms with Gasteiger partial charge in [0, 0.05) is 50.0 Å². The summed E-state index contributed by atoms with van der Waals surface area (Å²) in [5, 5.41) is 0. The minimum absolute atomic E-state index is 0.180. The van der Waals surface area contributed by atoms with Crippen LogP contribution in [0.25, 0.3) is 0 Å². The van der Waals surface area contributed by atoms with E-state index in [-0.39, 0.29) is 5.91 Å². The average molecular weight is 400 g/mol. The Hall–Kier alpha value is -1.78. The number of likely N-dealkylation sites (tertiary alicyclic amines) is 1. The van der Waals surface area contributed by atoms with Crippen LogP contribution in [0.3, 0.4) is 0 Å². The van der Waals surface area contributed by atoms with Gasteiger partial charge in [-0.05, 0) is 69.8 Å². The molecule has 0 aromatic carbocycles. The largest absolute Gasteiger partial charge is 0.351 e. The smallest absolute Gasteiger partial charge is 0.255 e. The minimum Gasteiger partial charge on any atom is -0.351 e. The number of hydrogen-bond acceptors (Lipinski definition) is 2. The predicted octanol–water partition coefficient (Wildman–Crippen LogP) is 3.92. The lowest BCUT2D eigenvalue weighted by Gasteiger charge is -2.56. The van der Waals surface area contributed by atoms with Crippen molar-refractivity contribution in [2.75, 3.05) is 13.1 Å². The Bertz CT molecular complexity index is 796. The maximum absolute atomic E-state index is 13.4. The van der Waals surface area contributed by atoms with Crippen LogP contribution in [0.4, 0.5) is 0 Å². The fourth-order valence-corrected chi connectivity index (χ4v) is 6.06. The first-order valence-corrected chi connectivity index (χ1v) is 11.5. The van der Waals surface area contributed by atoms with Gasteiger partial charge in [-0.3, -0.25) is 9.59 Å². The van der Waals surface area contributed by atoms with Crippen molar-refractivity contribution >= 4 is 11.8 Å². The third kappa shape index (κ3) is 3.62. The molecule has 1 aromatic heterocycles. The first kappa shape index (κ1) is 20.5. The number of rotatable bonds is 4. The van der Waals surface area contributed by atoms with E-state index in [2.05, 4.69) is 35.1 Å². The molecule has 4 rings (SSSR count). The maximum atomic E-state index is 13.4. The Morgan fingerprint density at radius 1 is 1.21 bits per heavy atom. The average Bonchev–Trinajstić information content (AvgIpc) is 2.94. The van der Waals surface area contributed by atoms with Crippen molar-refractivity contribution in [3.8, 4) is 0 Å². The van der Waals surface area contributed by atoms with Gasteiger partial charge >= 0.3 is 0 Å². The van der Waals surface area contributed by atoms with E-state index in [1.165, 1.54) is 6.42 Å². The molecular weight excluding hydrogens is 362 g/mol. The van der Waals surface area contributed by atoms with Gasteiger partial charge in [0.05, 0.1) is 5.56 Å². The van der Waals surface area contributed by atoms with E-state index in [1.807, 2.05) is 20.0 Å². The van der Waals surface area contributed by atoms with Crippen molar-refractivity contribution in [3.05, 3.63) is 23.0 Å².